The molecule has 0 aliphatic heterocycles. The van der Waals surface area contributed by atoms with Crippen molar-refractivity contribution in [1.29, 1.82) is 5.26 Å². The van der Waals surface area contributed by atoms with Crippen molar-refractivity contribution in [2.24, 2.45) is 0 Å². The summed E-state index contributed by atoms with van der Waals surface area (Å²) in [6.07, 6.45) is 1.36. The first-order valence-electron chi connectivity index (χ1n) is 5.08. The van der Waals surface area contributed by atoms with E-state index in [1.807, 2.05) is 30.3 Å². The number of nitrogens with zero attached hydrogens (tertiary/aromatic N) is 3. The molecule has 1 aromatic carbocycles. The molecule has 0 N–H and O–H groups in total. The average Bonchev–Trinajstić information content (AvgIpc) is 2.82. The number of alkyl halides is 1. The fourth-order valence-corrected chi connectivity index (χ4v) is 2.17. The van der Waals surface area contributed by atoms with Gasteiger partial charge in [-0.2, -0.15) is 5.26 Å². The number of aromatic nitrogens is 1. The number of rotatable bonds is 3. The molecule has 0 spiro atoms. The molecule has 90 valence electrons. The van der Waals surface area contributed by atoms with Crippen LogP contribution in [-0.4, -0.2) is 9.49 Å². The van der Waals surface area contributed by atoms with Crippen molar-refractivity contribution in [3.8, 4) is 11.8 Å². The second-order valence-electron chi connectivity index (χ2n) is 3.58. The molecule has 0 aliphatic carbocycles. The Morgan fingerprint density at radius 1 is 1.44 bits per heavy atom. The van der Waals surface area contributed by atoms with Crippen molar-refractivity contribution >= 4 is 21.6 Å². The maximum Gasteiger partial charge on any atom is 0.288 e. The lowest BCUT2D eigenvalue weighted by atomic mass is 10.2. The van der Waals surface area contributed by atoms with Crippen LogP contribution in [0.15, 0.2) is 36.5 Å². The van der Waals surface area contributed by atoms with Crippen LogP contribution < -0.4 is 0 Å². The smallest absolute Gasteiger partial charge is 0.288 e. The molecule has 18 heavy (non-hydrogen) atoms. The molecule has 0 saturated heterocycles. The van der Waals surface area contributed by atoms with Crippen LogP contribution >= 0.6 is 15.9 Å². The minimum Gasteiger partial charge on any atom is -0.301 e. The van der Waals surface area contributed by atoms with E-state index in [4.69, 9.17) is 5.26 Å². The summed E-state index contributed by atoms with van der Waals surface area (Å²) in [5, 5.41) is 20.4. The third-order valence-electron chi connectivity index (χ3n) is 2.53. The van der Waals surface area contributed by atoms with E-state index in [2.05, 4.69) is 15.9 Å². The number of benzene rings is 1. The molecule has 1 heterocycles. The fraction of sp³-hybridized carbons (Fsp3) is 0.0833. The molecule has 6 heteroatoms. The Morgan fingerprint density at radius 3 is 2.78 bits per heavy atom. The van der Waals surface area contributed by atoms with Crippen LogP contribution in [-0.2, 0) is 5.33 Å². The molecule has 0 unspecified atom stereocenters. The monoisotopic (exact) mass is 305 g/mol. The zero-order valence-electron chi connectivity index (χ0n) is 9.21. The van der Waals surface area contributed by atoms with E-state index in [-0.39, 0.29) is 11.4 Å². The minimum atomic E-state index is -0.506. The summed E-state index contributed by atoms with van der Waals surface area (Å²) in [6, 6.07) is 10.7. The molecule has 0 atom stereocenters. The van der Waals surface area contributed by atoms with Crippen LogP contribution in [0.1, 0.15) is 11.3 Å². The predicted molar refractivity (Wildman–Crippen MR) is 69.8 cm³/mol. The largest absolute Gasteiger partial charge is 0.301 e. The molecule has 2 rings (SSSR count). The second-order valence-corrected chi connectivity index (χ2v) is 4.15. The van der Waals surface area contributed by atoms with Gasteiger partial charge in [-0.1, -0.05) is 34.1 Å². The standard InChI is InChI=1S/C12H8BrN3O2/c13-6-9-3-1-2-4-12(9)15-8-11(16(17)18)5-10(15)7-14/h1-5,8H,6H2. The van der Waals surface area contributed by atoms with Crippen LogP contribution in [0.3, 0.4) is 0 Å². The van der Waals surface area contributed by atoms with E-state index in [9.17, 15) is 10.1 Å². The summed E-state index contributed by atoms with van der Waals surface area (Å²) in [5.41, 5.74) is 1.88. The average molecular weight is 306 g/mol. The molecule has 0 fully saturated rings. The first-order valence-corrected chi connectivity index (χ1v) is 6.20. The molecule has 0 bridgehead atoms. The predicted octanol–water partition coefficient (Wildman–Crippen LogP) is 3.15. The third kappa shape index (κ3) is 2.13. The summed E-state index contributed by atoms with van der Waals surface area (Å²) in [7, 11) is 0. The molecule has 0 aliphatic rings. The van der Waals surface area contributed by atoms with Crippen molar-refractivity contribution < 1.29 is 4.92 Å². The zero-order valence-corrected chi connectivity index (χ0v) is 10.8. The van der Waals surface area contributed by atoms with E-state index in [1.54, 1.807) is 0 Å². The number of halogens is 1. The number of para-hydroxylation sites is 1. The zero-order chi connectivity index (χ0) is 13.1. The molecular weight excluding hydrogens is 298 g/mol. The van der Waals surface area contributed by atoms with Gasteiger partial charge < -0.3 is 4.57 Å². The normalized spacial score (nSPS) is 10.0. The molecule has 2 aromatic rings. The van der Waals surface area contributed by atoms with Crippen molar-refractivity contribution in [3.63, 3.8) is 0 Å². The Labute approximate surface area is 112 Å². The number of hydrogen-bond donors (Lipinski definition) is 0. The van der Waals surface area contributed by atoms with Gasteiger partial charge in [0.2, 0.25) is 0 Å². The van der Waals surface area contributed by atoms with Gasteiger partial charge in [0.15, 0.2) is 0 Å². The summed E-state index contributed by atoms with van der Waals surface area (Å²) in [4.78, 5) is 10.2. The van der Waals surface area contributed by atoms with Crippen LogP contribution in [0.2, 0.25) is 0 Å². The molecule has 0 radical (unpaired) electrons. The summed E-state index contributed by atoms with van der Waals surface area (Å²) >= 11 is 3.36. The summed E-state index contributed by atoms with van der Waals surface area (Å²) < 4.78 is 1.54. The third-order valence-corrected chi connectivity index (χ3v) is 3.13. The Hall–Kier alpha value is -2.13. The van der Waals surface area contributed by atoms with Gasteiger partial charge in [0, 0.05) is 5.33 Å². The maximum absolute atomic E-state index is 10.7. The Bertz CT molecular complexity index is 643. The van der Waals surface area contributed by atoms with Gasteiger partial charge in [0.1, 0.15) is 11.8 Å². The van der Waals surface area contributed by atoms with Gasteiger partial charge in [-0.15, -0.1) is 0 Å². The quantitative estimate of drug-likeness (QED) is 0.497. The molecule has 5 nitrogen and oxygen atoms in total. The molecule has 0 amide bonds. The van der Waals surface area contributed by atoms with Gasteiger partial charge >= 0.3 is 0 Å². The Kier molecular flexibility index (Phi) is 3.44. The molecule has 0 saturated carbocycles. The highest BCUT2D eigenvalue weighted by Gasteiger charge is 2.16. The summed E-state index contributed by atoms with van der Waals surface area (Å²) in [6.45, 7) is 0. The highest BCUT2D eigenvalue weighted by Crippen LogP contribution is 2.24. The van der Waals surface area contributed by atoms with E-state index < -0.39 is 4.92 Å². The van der Waals surface area contributed by atoms with Gasteiger partial charge in [0.25, 0.3) is 5.69 Å². The Balaban J connectivity index is 2.63. The number of nitriles is 1. The topological polar surface area (TPSA) is 71.9 Å². The lowest BCUT2D eigenvalue weighted by Gasteiger charge is -2.08. The Morgan fingerprint density at radius 2 is 2.17 bits per heavy atom. The van der Waals surface area contributed by atoms with E-state index in [0.717, 1.165) is 11.3 Å². The van der Waals surface area contributed by atoms with Crippen molar-refractivity contribution in [3.05, 3.63) is 57.9 Å². The van der Waals surface area contributed by atoms with Crippen LogP contribution in [0.5, 0.6) is 0 Å². The van der Waals surface area contributed by atoms with Crippen LogP contribution in [0.4, 0.5) is 5.69 Å². The van der Waals surface area contributed by atoms with Gasteiger partial charge in [-0.3, -0.25) is 10.1 Å². The van der Waals surface area contributed by atoms with E-state index >= 15 is 0 Å². The number of hydrogen-bond acceptors (Lipinski definition) is 3. The first-order chi connectivity index (χ1) is 8.67. The fourth-order valence-electron chi connectivity index (χ4n) is 1.69. The van der Waals surface area contributed by atoms with Crippen molar-refractivity contribution in [2.75, 3.05) is 0 Å². The summed E-state index contributed by atoms with van der Waals surface area (Å²) in [5.74, 6) is 0. The van der Waals surface area contributed by atoms with E-state index in [1.165, 1.54) is 16.8 Å². The van der Waals surface area contributed by atoms with E-state index in [0.29, 0.717) is 5.33 Å². The highest BCUT2D eigenvalue weighted by atomic mass is 79.9. The molecular formula is C12H8BrN3O2. The van der Waals surface area contributed by atoms with Gasteiger partial charge in [-0.05, 0) is 11.6 Å². The van der Waals surface area contributed by atoms with Crippen LogP contribution in [0.25, 0.3) is 5.69 Å². The highest BCUT2D eigenvalue weighted by molar-refractivity contribution is 9.08. The molecule has 1 aromatic heterocycles. The number of nitro groups is 1. The first kappa shape index (κ1) is 12.3. The second kappa shape index (κ2) is 5.02. The lowest BCUT2D eigenvalue weighted by Crippen LogP contribution is -1.99. The van der Waals surface area contributed by atoms with Gasteiger partial charge in [0.05, 0.1) is 22.9 Å². The maximum atomic E-state index is 10.7. The lowest BCUT2D eigenvalue weighted by molar-refractivity contribution is -0.384. The van der Waals surface area contributed by atoms with Crippen LogP contribution in [0, 0.1) is 21.4 Å². The van der Waals surface area contributed by atoms with Gasteiger partial charge in [-0.25, -0.2) is 0 Å². The van der Waals surface area contributed by atoms with Crippen molar-refractivity contribution in [1.82, 2.24) is 4.57 Å². The SMILES string of the molecule is N#Cc1cc([N+](=O)[O-])cn1-c1ccccc1CBr. The van der Waals surface area contributed by atoms with Crippen molar-refractivity contribution in [2.45, 2.75) is 5.33 Å². The minimum absolute atomic E-state index is 0.0871.